The second-order valence-electron chi connectivity index (χ2n) is 15.3. The van der Waals surface area contributed by atoms with Crippen LogP contribution in [0.1, 0.15) is 65.2 Å². The van der Waals surface area contributed by atoms with Crippen LogP contribution in [-0.4, -0.2) is 46.1 Å². The van der Waals surface area contributed by atoms with Crippen LogP contribution in [0.3, 0.4) is 0 Å². The fourth-order valence-corrected chi connectivity index (χ4v) is 12.4. The van der Waals surface area contributed by atoms with Crippen molar-refractivity contribution in [2.24, 2.45) is 5.41 Å². The largest absolute Gasteiger partial charge is 0.466 e. The van der Waals surface area contributed by atoms with E-state index in [4.69, 9.17) is 25.5 Å². The molecule has 5 aromatic carbocycles. The molecule has 5 aromatic rings. The van der Waals surface area contributed by atoms with E-state index in [0.717, 1.165) is 21.9 Å². The summed E-state index contributed by atoms with van der Waals surface area (Å²) in [4.78, 5) is 29.6. The van der Waals surface area contributed by atoms with Crippen molar-refractivity contribution in [2.45, 2.75) is 65.2 Å². The third-order valence-electron chi connectivity index (χ3n) is 9.85. The first-order valence-corrected chi connectivity index (χ1v) is 20.3. The van der Waals surface area contributed by atoms with E-state index < -0.39 is 31.9 Å². The summed E-state index contributed by atoms with van der Waals surface area (Å²) >= 11 is 6.69. The van der Waals surface area contributed by atoms with Gasteiger partial charge in [0.25, 0.3) is 14.2 Å². The number of rotatable bonds is 11. The van der Waals surface area contributed by atoms with Crippen molar-refractivity contribution in [3.8, 4) is 0 Å². The molecule has 0 aliphatic carbocycles. The maximum atomic E-state index is 14.8. The van der Waals surface area contributed by atoms with Crippen LogP contribution in [0.4, 0.5) is 5.69 Å². The molecule has 0 saturated heterocycles. The van der Waals surface area contributed by atoms with Gasteiger partial charge in [-0.1, -0.05) is 149 Å². The van der Waals surface area contributed by atoms with Gasteiger partial charge in [-0.05, 0) is 56.9 Å². The number of carbonyl (C=O) groups excluding carboxylic acids is 2. The van der Waals surface area contributed by atoms with Crippen LogP contribution in [0, 0.1) is 5.41 Å². The van der Waals surface area contributed by atoms with E-state index in [2.05, 4.69) is 95.3 Å². The van der Waals surface area contributed by atoms with E-state index >= 15 is 0 Å². The van der Waals surface area contributed by atoms with Crippen LogP contribution in [0.5, 0.6) is 0 Å². The summed E-state index contributed by atoms with van der Waals surface area (Å²) < 4.78 is 19.5. The number of hydrogen-bond acceptors (Lipinski definition) is 5. The maximum absolute atomic E-state index is 14.8. The molecule has 0 saturated carbocycles. The van der Waals surface area contributed by atoms with E-state index in [1.54, 1.807) is 17.9 Å². The number of fused-ring (bicyclic) bond motifs is 2. The highest BCUT2D eigenvalue weighted by Crippen LogP contribution is 2.44. The van der Waals surface area contributed by atoms with Gasteiger partial charge in [0.2, 0.25) is 0 Å². The number of carbonyl (C=O) groups is 2. The molecule has 0 radical (unpaired) electrons. The molecule has 1 aliphatic heterocycles. The number of esters is 1. The van der Waals surface area contributed by atoms with Crippen molar-refractivity contribution in [3.05, 3.63) is 137 Å². The third-order valence-corrected chi connectivity index (χ3v) is 15.1. The predicted octanol–water partition coefficient (Wildman–Crippen LogP) is 8.87. The zero-order chi connectivity index (χ0) is 37.1. The molecule has 0 fully saturated rings. The highest BCUT2D eigenvalue weighted by Gasteiger charge is 2.51. The van der Waals surface area contributed by atoms with E-state index in [-0.39, 0.29) is 24.0 Å². The number of amides is 1. The molecular weight excluding hydrogens is 686 g/mol. The van der Waals surface area contributed by atoms with Gasteiger partial charge < -0.3 is 18.8 Å². The molecule has 8 heteroatoms. The normalized spacial score (nSPS) is 16.8. The van der Waals surface area contributed by atoms with Crippen molar-refractivity contribution in [1.29, 1.82) is 0 Å². The molecule has 6 nitrogen and oxygen atoms in total. The predicted molar refractivity (Wildman–Crippen MR) is 213 cm³/mol. The first kappa shape index (κ1) is 37.5. The van der Waals surface area contributed by atoms with Crippen molar-refractivity contribution in [2.75, 3.05) is 24.7 Å². The molecule has 0 spiro atoms. The first-order valence-electron chi connectivity index (χ1n) is 18.0. The average molecular weight is 734 g/mol. The Morgan fingerprint density at radius 2 is 1.42 bits per heavy atom. The first-order chi connectivity index (χ1) is 24.8. The molecule has 0 bridgehead atoms. The Balaban J connectivity index is 1.43. The lowest BCUT2D eigenvalue weighted by Gasteiger charge is -2.45. The molecule has 52 heavy (non-hydrogen) atoms. The summed E-state index contributed by atoms with van der Waals surface area (Å²) in [5.41, 5.74) is 1.80. The molecular formula is C44H48ClNO5Si. The van der Waals surface area contributed by atoms with E-state index in [0.29, 0.717) is 23.9 Å². The van der Waals surface area contributed by atoms with Crippen molar-refractivity contribution < 1.29 is 23.5 Å². The third kappa shape index (κ3) is 7.60. The number of hydrogen-bond donors (Lipinski definition) is 0. The van der Waals surface area contributed by atoms with Gasteiger partial charge in [0, 0.05) is 34.8 Å². The molecule has 6 rings (SSSR count). The van der Waals surface area contributed by atoms with Gasteiger partial charge >= 0.3 is 5.97 Å². The van der Waals surface area contributed by atoms with E-state index in [9.17, 15) is 9.59 Å². The molecule has 270 valence electrons. The van der Waals surface area contributed by atoms with Crippen LogP contribution in [0.15, 0.2) is 121 Å². The van der Waals surface area contributed by atoms with Crippen LogP contribution in [0.2, 0.25) is 10.1 Å². The average Bonchev–Trinajstić information content (AvgIpc) is 3.22. The van der Waals surface area contributed by atoms with Crippen LogP contribution in [-0.2, 0) is 23.5 Å². The minimum Gasteiger partial charge on any atom is -0.466 e. The van der Waals surface area contributed by atoms with Crippen molar-refractivity contribution >= 4 is 58.6 Å². The summed E-state index contributed by atoms with van der Waals surface area (Å²) in [5, 5.41) is 4.74. The maximum Gasteiger partial charge on any atom is 0.308 e. The molecule has 2 atom stereocenters. The van der Waals surface area contributed by atoms with Crippen LogP contribution < -0.4 is 15.3 Å². The van der Waals surface area contributed by atoms with Gasteiger partial charge in [-0.15, -0.1) is 0 Å². The second-order valence-corrected chi connectivity index (χ2v) is 20.1. The fourth-order valence-electron chi connectivity index (χ4n) is 7.50. The number of nitrogens with zero attached hydrogens (tertiary/aromatic N) is 1. The van der Waals surface area contributed by atoms with Crippen molar-refractivity contribution in [1.82, 2.24) is 0 Å². The summed E-state index contributed by atoms with van der Waals surface area (Å²) in [6, 6.07) is 40.8. The summed E-state index contributed by atoms with van der Waals surface area (Å²) in [7, 11) is -2.86. The lowest BCUT2D eigenvalue weighted by atomic mass is 9.92. The minimum absolute atomic E-state index is 0.207. The van der Waals surface area contributed by atoms with E-state index in [1.165, 1.54) is 10.4 Å². The molecule has 0 unspecified atom stereocenters. The van der Waals surface area contributed by atoms with Gasteiger partial charge in [0.15, 0.2) is 0 Å². The standard InChI is InChI=1S/C44H48ClNO5Si/c1-7-49-40(47)28-39-42(48)46(38-26-25-32(45)27-37(38)41(51-39)36-24-16-18-31-17-14-15-23-35(31)36)29-44(5,6)30-50-52(43(2,3)4,33-19-10-8-11-20-33)34-21-12-9-13-22-34/h8-27,39,41H,7,28-30H2,1-6H3/t39-,41-/m1/s1. The lowest BCUT2D eigenvalue weighted by Crippen LogP contribution is -2.67. The zero-order valence-electron chi connectivity index (χ0n) is 30.9. The van der Waals surface area contributed by atoms with Crippen molar-refractivity contribution in [3.63, 3.8) is 0 Å². The SMILES string of the molecule is CCOC(=O)C[C@H]1O[C@H](c2cccc3ccccc23)c2cc(Cl)ccc2N(CC(C)(C)CO[Si](c2ccccc2)(c2ccccc2)C(C)(C)C)C1=O. The van der Waals surface area contributed by atoms with Gasteiger partial charge in [-0.3, -0.25) is 9.59 Å². The van der Waals surface area contributed by atoms with Crippen LogP contribution >= 0.6 is 11.6 Å². The Morgan fingerprint density at radius 1 is 0.808 bits per heavy atom. The molecule has 0 aromatic heterocycles. The number of ether oxygens (including phenoxy) is 2. The molecule has 1 heterocycles. The summed E-state index contributed by atoms with van der Waals surface area (Å²) in [5.74, 6) is -0.798. The second kappa shape index (κ2) is 15.4. The topological polar surface area (TPSA) is 65.1 Å². The Labute approximate surface area is 313 Å². The lowest BCUT2D eigenvalue weighted by molar-refractivity contribution is -0.151. The molecule has 1 amide bonds. The van der Waals surface area contributed by atoms with Gasteiger partial charge in [-0.2, -0.15) is 0 Å². The summed E-state index contributed by atoms with van der Waals surface area (Å²) in [6.45, 7) is 13.7. The highest BCUT2D eigenvalue weighted by atomic mass is 35.5. The number of anilines is 1. The zero-order valence-corrected chi connectivity index (χ0v) is 32.7. The van der Waals surface area contributed by atoms with Gasteiger partial charge in [0.1, 0.15) is 12.2 Å². The summed E-state index contributed by atoms with van der Waals surface area (Å²) in [6.07, 6.45) is -1.99. The minimum atomic E-state index is -2.86. The number of benzene rings is 5. The molecule has 1 aliphatic rings. The van der Waals surface area contributed by atoms with Gasteiger partial charge in [0.05, 0.1) is 13.0 Å². The Bertz CT molecular complexity index is 1980. The highest BCUT2D eigenvalue weighted by molar-refractivity contribution is 6.99. The smallest absolute Gasteiger partial charge is 0.308 e. The Morgan fingerprint density at radius 3 is 2.06 bits per heavy atom. The Kier molecular flexibility index (Phi) is 11.1. The van der Waals surface area contributed by atoms with Crippen LogP contribution in [0.25, 0.3) is 10.8 Å². The number of halogens is 1. The quantitative estimate of drug-likeness (QED) is 0.100. The fraction of sp³-hybridized carbons (Fsp3) is 0.318. The Hall–Kier alpha value is -4.27. The van der Waals surface area contributed by atoms with Gasteiger partial charge in [-0.25, -0.2) is 0 Å². The monoisotopic (exact) mass is 733 g/mol. The van der Waals surface area contributed by atoms with E-state index in [1.807, 2.05) is 54.6 Å². The molecule has 0 N–H and O–H groups in total.